The maximum absolute atomic E-state index is 14.3. The van der Waals surface area contributed by atoms with Gasteiger partial charge in [0.15, 0.2) is 0 Å². The van der Waals surface area contributed by atoms with Gasteiger partial charge in [0.05, 0.1) is 48.4 Å². The standard InChI is InChI=1S/C24H25F2N5O3/c1-3-19(16-5-4-15(25)10-18(16)26)30-24(33)21-11-17(22-13-34-9-8-31(21)22)23(32)29-14(2)20-12-27-6-7-28-20/h4-7,10-12,14,19H,3,8-9,13H2,1-2H3,(H,29,32)(H,30,33). The molecule has 34 heavy (non-hydrogen) atoms. The monoisotopic (exact) mass is 469 g/mol. The van der Waals surface area contributed by atoms with Crippen molar-refractivity contribution in [3.63, 3.8) is 0 Å². The Hall–Kier alpha value is -3.66. The summed E-state index contributed by atoms with van der Waals surface area (Å²) in [5, 5.41) is 5.69. The molecule has 2 aromatic heterocycles. The molecule has 0 aliphatic carbocycles. The van der Waals surface area contributed by atoms with Crippen LogP contribution in [0.15, 0.2) is 42.9 Å². The average Bonchev–Trinajstić information content (AvgIpc) is 3.23. The van der Waals surface area contributed by atoms with Crippen molar-refractivity contribution < 1.29 is 23.1 Å². The molecule has 4 rings (SSSR count). The number of carbonyl (C=O) groups is 2. The van der Waals surface area contributed by atoms with Gasteiger partial charge < -0.3 is 19.9 Å². The molecule has 0 fully saturated rings. The largest absolute Gasteiger partial charge is 0.373 e. The molecule has 2 unspecified atom stereocenters. The van der Waals surface area contributed by atoms with Gasteiger partial charge in [0.1, 0.15) is 17.3 Å². The van der Waals surface area contributed by atoms with E-state index >= 15 is 0 Å². The third kappa shape index (κ3) is 4.81. The first-order valence-electron chi connectivity index (χ1n) is 11.0. The number of amides is 2. The topological polar surface area (TPSA) is 98.1 Å². The summed E-state index contributed by atoms with van der Waals surface area (Å²) in [4.78, 5) is 34.5. The predicted octanol–water partition coefficient (Wildman–Crippen LogP) is 3.46. The van der Waals surface area contributed by atoms with E-state index in [2.05, 4.69) is 20.6 Å². The molecule has 3 aromatic rings. The van der Waals surface area contributed by atoms with Gasteiger partial charge in [-0.2, -0.15) is 0 Å². The third-order valence-corrected chi connectivity index (χ3v) is 5.81. The first kappa shape index (κ1) is 23.5. The fraction of sp³-hybridized carbons (Fsp3) is 0.333. The van der Waals surface area contributed by atoms with Crippen LogP contribution >= 0.6 is 0 Å². The van der Waals surface area contributed by atoms with Crippen LogP contribution in [0.1, 0.15) is 70.1 Å². The molecule has 0 spiro atoms. The number of halogens is 2. The van der Waals surface area contributed by atoms with Gasteiger partial charge in [-0.1, -0.05) is 13.0 Å². The second kappa shape index (κ2) is 10.1. The molecule has 1 aromatic carbocycles. The van der Waals surface area contributed by atoms with E-state index in [1.807, 2.05) is 0 Å². The highest BCUT2D eigenvalue weighted by molar-refractivity contribution is 6.01. The molecule has 1 aliphatic rings. The van der Waals surface area contributed by atoms with E-state index in [0.717, 1.165) is 12.1 Å². The van der Waals surface area contributed by atoms with Crippen LogP contribution in [0.25, 0.3) is 0 Å². The second-order valence-electron chi connectivity index (χ2n) is 8.02. The van der Waals surface area contributed by atoms with E-state index in [4.69, 9.17) is 4.74 Å². The van der Waals surface area contributed by atoms with Gasteiger partial charge in [0.25, 0.3) is 11.8 Å². The lowest BCUT2D eigenvalue weighted by atomic mass is 10.0. The third-order valence-electron chi connectivity index (χ3n) is 5.81. The normalized spacial score (nSPS) is 14.7. The van der Waals surface area contributed by atoms with E-state index in [1.165, 1.54) is 12.1 Å². The first-order chi connectivity index (χ1) is 16.4. The number of carbonyl (C=O) groups excluding carboxylic acids is 2. The quantitative estimate of drug-likeness (QED) is 0.552. The van der Waals surface area contributed by atoms with Crippen LogP contribution < -0.4 is 10.6 Å². The minimum atomic E-state index is -0.726. The number of nitrogens with one attached hydrogen (secondary N) is 2. The Bertz CT molecular complexity index is 1200. The summed E-state index contributed by atoms with van der Waals surface area (Å²) in [5.41, 5.74) is 1.98. The van der Waals surface area contributed by atoms with Gasteiger partial charge >= 0.3 is 0 Å². The van der Waals surface area contributed by atoms with Crippen molar-refractivity contribution >= 4 is 11.8 Å². The highest BCUT2D eigenvalue weighted by Crippen LogP contribution is 2.25. The first-order valence-corrected chi connectivity index (χ1v) is 11.0. The van der Waals surface area contributed by atoms with Gasteiger partial charge in [-0.15, -0.1) is 0 Å². The summed E-state index contributed by atoms with van der Waals surface area (Å²) in [6, 6.07) is 3.74. The molecule has 3 heterocycles. The zero-order valence-electron chi connectivity index (χ0n) is 18.8. The molecular weight excluding hydrogens is 444 g/mol. The minimum absolute atomic E-state index is 0.180. The SMILES string of the molecule is CCC(NC(=O)c1cc(C(=O)NC(C)c2cnccn2)c2n1CCOC2)c1ccc(F)cc1F. The average molecular weight is 469 g/mol. The van der Waals surface area contributed by atoms with Crippen LogP contribution in [0.4, 0.5) is 8.78 Å². The Balaban J connectivity index is 1.58. The Labute approximate surface area is 195 Å². The molecule has 10 heteroatoms. The molecule has 0 radical (unpaired) electrons. The molecule has 8 nitrogen and oxygen atoms in total. The summed E-state index contributed by atoms with van der Waals surface area (Å²) in [6.45, 7) is 4.55. The fourth-order valence-electron chi connectivity index (χ4n) is 4.01. The van der Waals surface area contributed by atoms with Crippen LogP contribution in [0.2, 0.25) is 0 Å². The maximum atomic E-state index is 14.3. The van der Waals surface area contributed by atoms with Crippen LogP contribution in [0, 0.1) is 11.6 Å². The highest BCUT2D eigenvalue weighted by Gasteiger charge is 2.28. The molecule has 2 atom stereocenters. The predicted molar refractivity (Wildman–Crippen MR) is 119 cm³/mol. The Kier molecular flexibility index (Phi) is 6.97. The van der Waals surface area contributed by atoms with Crippen LogP contribution in [-0.4, -0.2) is 33.0 Å². The smallest absolute Gasteiger partial charge is 0.268 e. The molecule has 2 amide bonds. The number of aromatic nitrogens is 3. The summed E-state index contributed by atoms with van der Waals surface area (Å²) in [7, 11) is 0. The molecular formula is C24H25F2N5O3. The number of nitrogens with zero attached hydrogens (tertiary/aromatic N) is 3. The number of benzene rings is 1. The number of rotatable bonds is 7. The number of fused-ring (bicyclic) bond motifs is 1. The summed E-state index contributed by atoms with van der Waals surface area (Å²) in [6.07, 6.45) is 5.06. The van der Waals surface area contributed by atoms with E-state index in [0.29, 0.717) is 36.5 Å². The lowest BCUT2D eigenvalue weighted by Gasteiger charge is -2.21. The van der Waals surface area contributed by atoms with Crippen molar-refractivity contribution in [3.8, 4) is 0 Å². The molecule has 0 saturated carbocycles. The Morgan fingerprint density at radius 3 is 2.71 bits per heavy atom. The molecule has 178 valence electrons. The number of hydrogen-bond acceptors (Lipinski definition) is 5. The van der Waals surface area contributed by atoms with E-state index in [9.17, 15) is 18.4 Å². The second-order valence-corrected chi connectivity index (χ2v) is 8.02. The summed E-state index contributed by atoms with van der Waals surface area (Å²) in [5.74, 6) is -2.24. The Morgan fingerprint density at radius 1 is 1.18 bits per heavy atom. The zero-order chi connectivity index (χ0) is 24.2. The fourth-order valence-corrected chi connectivity index (χ4v) is 4.01. The van der Waals surface area contributed by atoms with Crippen molar-refractivity contribution in [3.05, 3.63) is 82.7 Å². The van der Waals surface area contributed by atoms with E-state index in [-0.39, 0.29) is 23.8 Å². The van der Waals surface area contributed by atoms with Crippen molar-refractivity contribution in [2.24, 2.45) is 0 Å². The number of hydrogen-bond donors (Lipinski definition) is 2. The molecule has 0 saturated heterocycles. The molecule has 1 aliphatic heterocycles. The maximum Gasteiger partial charge on any atom is 0.268 e. The van der Waals surface area contributed by atoms with Crippen molar-refractivity contribution in [1.29, 1.82) is 0 Å². The van der Waals surface area contributed by atoms with Gasteiger partial charge in [0.2, 0.25) is 0 Å². The summed E-state index contributed by atoms with van der Waals surface area (Å²) < 4.78 is 34.9. The number of ether oxygens (including phenoxy) is 1. The molecule has 2 N–H and O–H groups in total. The minimum Gasteiger partial charge on any atom is -0.373 e. The van der Waals surface area contributed by atoms with Crippen LogP contribution in [-0.2, 0) is 17.9 Å². The van der Waals surface area contributed by atoms with E-state index < -0.39 is 29.6 Å². The van der Waals surface area contributed by atoms with E-state index in [1.54, 1.807) is 37.0 Å². The van der Waals surface area contributed by atoms with Gasteiger partial charge in [-0.3, -0.25) is 19.6 Å². The highest BCUT2D eigenvalue weighted by atomic mass is 19.1. The van der Waals surface area contributed by atoms with Crippen molar-refractivity contribution in [2.75, 3.05) is 6.61 Å². The van der Waals surface area contributed by atoms with Crippen molar-refractivity contribution in [1.82, 2.24) is 25.2 Å². The van der Waals surface area contributed by atoms with Crippen LogP contribution in [0.3, 0.4) is 0 Å². The zero-order valence-corrected chi connectivity index (χ0v) is 18.8. The molecule has 0 bridgehead atoms. The summed E-state index contributed by atoms with van der Waals surface area (Å²) >= 11 is 0. The van der Waals surface area contributed by atoms with Gasteiger partial charge in [-0.25, -0.2) is 8.78 Å². The lowest BCUT2D eigenvalue weighted by Crippen LogP contribution is -2.32. The van der Waals surface area contributed by atoms with Gasteiger partial charge in [-0.05, 0) is 25.5 Å². The van der Waals surface area contributed by atoms with Crippen molar-refractivity contribution in [2.45, 2.75) is 45.5 Å². The van der Waals surface area contributed by atoms with Gasteiger partial charge in [0, 0.05) is 30.6 Å². The lowest BCUT2D eigenvalue weighted by molar-refractivity contribution is 0.0773. The Morgan fingerprint density at radius 2 is 2.00 bits per heavy atom. The van der Waals surface area contributed by atoms with Crippen LogP contribution in [0.5, 0.6) is 0 Å².